The number of carbonyl (C=O) groups excluding carboxylic acids is 4. The molecule has 0 aromatic carbocycles. The van der Waals surface area contributed by atoms with Crippen LogP contribution in [0.2, 0.25) is 0 Å². The van der Waals surface area contributed by atoms with Crippen molar-refractivity contribution in [1.29, 1.82) is 0 Å². The molecule has 0 saturated heterocycles. The summed E-state index contributed by atoms with van der Waals surface area (Å²) >= 11 is 0. The Bertz CT molecular complexity index is 461. The zero-order valence-corrected chi connectivity index (χ0v) is 15.6. The summed E-state index contributed by atoms with van der Waals surface area (Å²) in [5, 5.41) is 7.81. The molecule has 0 saturated carbocycles. The number of rotatable bonds is 10. The van der Waals surface area contributed by atoms with E-state index in [9.17, 15) is 19.2 Å². The molecule has 0 bridgehead atoms. The van der Waals surface area contributed by atoms with Crippen LogP contribution in [0, 0.1) is 11.8 Å². The van der Waals surface area contributed by atoms with Gasteiger partial charge >= 0.3 is 0 Å². The normalized spacial score (nSPS) is 13.3. The summed E-state index contributed by atoms with van der Waals surface area (Å²) in [6, 6.07) is -1.33. The van der Waals surface area contributed by atoms with Gasteiger partial charge in [-0.25, -0.2) is 0 Å². The first-order chi connectivity index (χ1) is 11.0. The summed E-state index contributed by atoms with van der Waals surface area (Å²) in [5.74, 6) is -0.795. The topological polar surface area (TPSA) is 104 Å². The molecular formula is C17H31N3O4. The summed E-state index contributed by atoms with van der Waals surface area (Å²) in [6.07, 6.45) is 0.518. The van der Waals surface area contributed by atoms with Crippen LogP contribution >= 0.6 is 0 Å². The number of ketones is 1. The van der Waals surface area contributed by atoms with Crippen molar-refractivity contribution in [1.82, 2.24) is 16.0 Å². The second kappa shape index (κ2) is 10.8. The van der Waals surface area contributed by atoms with Crippen LogP contribution in [0.1, 0.15) is 54.4 Å². The van der Waals surface area contributed by atoms with Crippen molar-refractivity contribution in [3.05, 3.63) is 0 Å². The summed E-state index contributed by atoms with van der Waals surface area (Å²) in [7, 11) is 0. The third kappa shape index (κ3) is 9.27. The van der Waals surface area contributed by atoms with E-state index in [4.69, 9.17) is 0 Å². The average molecular weight is 341 g/mol. The molecule has 7 nitrogen and oxygen atoms in total. The van der Waals surface area contributed by atoms with E-state index in [0.717, 1.165) is 0 Å². The van der Waals surface area contributed by atoms with E-state index >= 15 is 0 Å². The zero-order chi connectivity index (χ0) is 18.9. The van der Waals surface area contributed by atoms with Crippen LogP contribution in [0.15, 0.2) is 0 Å². The Morgan fingerprint density at radius 2 is 1.38 bits per heavy atom. The lowest BCUT2D eigenvalue weighted by atomic mass is 10.0. The highest BCUT2D eigenvalue weighted by molar-refractivity contribution is 5.93. The molecule has 0 aliphatic heterocycles. The van der Waals surface area contributed by atoms with E-state index in [1.165, 1.54) is 0 Å². The van der Waals surface area contributed by atoms with Gasteiger partial charge in [-0.05, 0) is 19.8 Å². The van der Waals surface area contributed by atoms with Crippen molar-refractivity contribution in [3.8, 4) is 0 Å². The largest absolute Gasteiger partial charge is 0.356 e. The highest BCUT2D eigenvalue weighted by Crippen LogP contribution is 2.00. The van der Waals surface area contributed by atoms with Gasteiger partial charge in [0.2, 0.25) is 17.7 Å². The van der Waals surface area contributed by atoms with Crippen LogP contribution < -0.4 is 16.0 Å². The van der Waals surface area contributed by atoms with Gasteiger partial charge in [0.25, 0.3) is 0 Å². The Labute approximate surface area is 144 Å². The minimum absolute atomic E-state index is 0.0604. The van der Waals surface area contributed by atoms with Crippen molar-refractivity contribution < 1.29 is 19.2 Å². The van der Waals surface area contributed by atoms with E-state index in [2.05, 4.69) is 16.0 Å². The van der Waals surface area contributed by atoms with Gasteiger partial charge in [-0.15, -0.1) is 0 Å². The van der Waals surface area contributed by atoms with Gasteiger partial charge in [0.1, 0.15) is 6.04 Å². The van der Waals surface area contributed by atoms with Gasteiger partial charge in [0, 0.05) is 25.3 Å². The summed E-state index contributed by atoms with van der Waals surface area (Å²) in [4.78, 5) is 47.0. The van der Waals surface area contributed by atoms with Crippen LogP contribution in [0.4, 0.5) is 0 Å². The van der Waals surface area contributed by atoms with Gasteiger partial charge in [-0.1, -0.05) is 27.7 Å². The van der Waals surface area contributed by atoms with Gasteiger partial charge in [0.15, 0.2) is 5.78 Å². The number of nitrogens with one attached hydrogen (secondary N) is 3. The number of hydrogen-bond acceptors (Lipinski definition) is 4. The average Bonchev–Trinajstić information content (AvgIpc) is 2.44. The van der Waals surface area contributed by atoms with Gasteiger partial charge in [-0.2, -0.15) is 0 Å². The molecule has 2 atom stereocenters. The van der Waals surface area contributed by atoms with Crippen LogP contribution in [0.5, 0.6) is 0 Å². The minimum Gasteiger partial charge on any atom is -0.356 e. The number of hydrogen-bond donors (Lipinski definition) is 3. The predicted octanol–water partition coefficient (Wildman–Crippen LogP) is 0.773. The van der Waals surface area contributed by atoms with Gasteiger partial charge in [0.05, 0.1) is 6.04 Å². The first-order valence-corrected chi connectivity index (χ1v) is 8.44. The van der Waals surface area contributed by atoms with Crippen molar-refractivity contribution in [3.63, 3.8) is 0 Å². The van der Waals surface area contributed by atoms with Crippen LogP contribution in [0.25, 0.3) is 0 Å². The highest BCUT2D eigenvalue weighted by atomic mass is 16.2. The van der Waals surface area contributed by atoms with Crippen LogP contribution in [-0.4, -0.2) is 42.1 Å². The molecule has 0 aromatic heterocycles. The van der Waals surface area contributed by atoms with Crippen LogP contribution in [0.3, 0.4) is 0 Å². The van der Waals surface area contributed by atoms with Crippen molar-refractivity contribution in [2.24, 2.45) is 11.8 Å². The molecule has 0 aromatic rings. The lowest BCUT2D eigenvalue weighted by Crippen LogP contribution is -2.50. The molecule has 7 heteroatoms. The fourth-order valence-electron chi connectivity index (χ4n) is 2.05. The molecule has 0 aliphatic carbocycles. The third-order valence-electron chi connectivity index (χ3n) is 3.39. The monoisotopic (exact) mass is 341 g/mol. The molecule has 0 radical (unpaired) electrons. The smallest absolute Gasteiger partial charge is 0.242 e. The molecule has 3 N–H and O–H groups in total. The Kier molecular flexibility index (Phi) is 9.92. The minimum atomic E-state index is -0.744. The standard InChI is InChI=1S/C17H31N3O4/c1-10(2)9-15(22)18-8-7-14(21)19-13(6)17(24)20-12(5)16(23)11(3)4/h10-13H,7-9H2,1-6H3,(H,18,22)(H,19,21)(H,20,24)/t12-,13?/m0/s1. The maximum Gasteiger partial charge on any atom is 0.242 e. The fourth-order valence-corrected chi connectivity index (χ4v) is 2.05. The maximum absolute atomic E-state index is 12.0. The molecular weight excluding hydrogens is 310 g/mol. The number of amides is 3. The van der Waals surface area contributed by atoms with E-state index in [1.54, 1.807) is 27.7 Å². The molecule has 3 amide bonds. The van der Waals surface area contributed by atoms with Crippen molar-refractivity contribution in [2.75, 3.05) is 6.54 Å². The Balaban J connectivity index is 4.15. The lowest BCUT2D eigenvalue weighted by molar-refractivity contribution is -0.131. The predicted molar refractivity (Wildman–Crippen MR) is 92.1 cm³/mol. The maximum atomic E-state index is 12.0. The molecule has 0 heterocycles. The molecule has 0 rings (SSSR count). The van der Waals surface area contributed by atoms with Crippen molar-refractivity contribution >= 4 is 23.5 Å². The Hall–Kier alpha value is -1.92. The van der Waals surface area contributed by atoms with Crippen molar-refractivity contribution in [2.45, 2.75) is 66.5 Å². The van der Waals surface area contributed by atoms with Gasteiger partial charge in [-0.3, -0.25) is 19.2 Å². The fraction of sp³-hybridized carbons (Fsp3) is 0.765. The summed E-state index contributed by atoms with van der Waals surface area (Å²) in [5.41, 5.74) is 0. The molecule has 1 unspecified atom stereocenters. The summed E-state index contributed by atoms with van der Waals surface area (Å²) in [6.45, 7) is 10.8. The molecule has 24 heavy (non-hydrogen) atoms. The van der Waals surface area contributed by atoms with E-state index < -0.39 is 18.0 Å². The Morgan fingerprint density at radius 1 is 0.792 bits per heavy atom. The quantitative estimate of drug-likeness (QED) is 0.546. The van der Waals surface area contributed by atoms with Gasteiger partial charge < -0.3 is 16.0 Å². The number of carbonyl (C=O) groups is 4. The second-order valence-electron chi connectivity index (χ2n) is 6.77. The third-order valence-corrected chi connectivity index (χ3v) is 3.39. The first-order valence-electron chi connectivity index (χ1n) is 8.44. The van der Waals surface area contributed by atoms with E-state index in [1.807, 2.05) is 13.8 Å². The lowest BCUT2D eigenvalue weighted by Gasteiger charge is -2.19. The molecule has 0 aliphatic rings. The number of Topliss-reactive ketones (excluding diaryl/α,β-unsaturated/α-hetero) is 1. The zero-order valence-electron chi connectivity index (χ0n) is 15.6. The van der Waals surface area contributed by atoms with Crippen LogP contribution in [-0.2, 0) is 19.2 Å². The van der Waals surface area contributed by atoms with E-state index in [-0.39, 0.29) is 42.4 Å². The first kappa shape index (κ1) is 22.1. The molecule has 0 spiro atoms. The molecule has 0 fully saturated rings. The second-order valence-corrected chi connectivity index (χ2v) is 6.77. The van der Waals surface area contributed by atoms with E-state index in [0.29, 0.717) is 6.42 Å². The Morgan fingerprint density at radius 3 is 1.88 bits per heavy atom. The summed E-state index contributed by atoms with van der Waals surface area (Å²) < 4.78 is 0. The SMILES string of the molecule is CC(C)CC(=O)NCCC(=O)NC(C)C(=O)N[C@@H](C)C(=O)C(C)C. The highest BCUT2D eigenvalue weighted by Gasteiger charge is 2.22. The molecule has 138 valence electrons.